The first kappa shape index (κ1) is 24.2. The molecule has 0 N–H and O–H groups in total. The average molecular weight is 469 g/mol. The molecule has 0 saturated carbocycles. The van der Waals surface area contributed by atoms with E-state index in [1.54, 1.807) is 32.0 Å². The Bertz CT molecular complexity index is 830. The summed E-state index contributed by atoms with van der Waals surface area (Å²) in [6.07, 6.45) is 1.55. The predicted molar refractivity (Wildman–Crippen MR) is 105 cm³/mol. The molecule has 0 aliphatic heterocycles. The largest absolute Gasteiger partial charge is 0.463 e. The molecule has 0 fully saturated rings. The standard InChI is InChI=1S/C20H21BrO8/c1-4-12-20(19(26)28-13(3)22,18(25)14-8-6-7-9-15(14)21)29-17(24)11-10-16(23)27-5-2/h6-11H,4-5,12H2,1-3H3. The first-order valence-corrected chi connectivity index (χ1v) is 9.57. The van der Waals surface area contributed by atoms with Gasteiger partial charge in [-0.1, -0.05) is 47.5 Å². The lowest BCUT2D eigenvalue weighted by Gasteiger charge is -2.29. The quantitative estimate of drug-likeness (QED) is 0.178. The van der Waals surface area contributed by atoms with Gasteiger partial charge in [-0.2, -0.15) is 0 Å². The number of rotatable bonds is 9. The van der Waals surface area contributed by atoms with Crippen LogP contribution in [0.3, 0.4) is 0 Å². The number of hydrogen-bond donors (Lipinski definition) is 0. The van der Waals surface area contributed by atoms with Gasteiger partial charge in [-0.3, -0.25) is 9.59 Å². The Balaban J connectivity index is 3.38. The highest BCUT2D eigenvalue weighted by molar-refractivity contribution is 9.10. The van der Waals surface area contributed by atoms with Gasteiger partial charge in [0.05, 0.1) is 6.61 Å². The minimum Gasteiger partial charge on any atom is -0.463 e. The van der Waals surface area contributed by atoms with E-state index < -0.39 is 35.3 Å². The van der Waals surface area contributed by atoms with Crippen molar-refractivity contribution in [2.75, 3.05) is 6.61 Å². The van der Waals surface area contributed by atoms with Gasteiger partial charge in [-0.05, 0) is 13.0 Å². The molecule has 8 nitrogen and oxygen atoms in total. The summed E-state index contributed by atoms with van der Waals surface area (Å²) in [7, 11) is 0. The zero-order chi connectivity index (χ0) is 22.0. The molecule has 0 radical (unpaired) electrons. The highest BCUT2D eigenvalue weighted by Gasteiger charge is 2.51. The molecule has 1 aromatic rings. The van der Waals surface area contributed by atoms with Crippen LogP contribution in [0.5, 0.6) is 0 Å². The van der Waals surface area contributed by atoms with Crippen molar-refractivity contribution in [2.45, 2.75) is 39.2 Å². The van der Waals surface area contributed by atoms with E-state index >= 15 is 0 Å². The lowest BCUT2D eigenvalue weighted by Crippen LogP contribution is -2.51. The van der Waals surface area contributed by atoms with Gasteiger partial charge in [0.25, 0.3) is 5.60 Å². The third-order valence-corrected chi connectivity index (χ3v) is 4.26. The molecule has 29 heavy (non-hydrogen) atoms. The second-order valence-corrected chi connectivity index (χ2v) is 6.63. The van der Waals surface area contributed by atoms with Gasteiger partial charge in [-0.15, -0.1) is 0 Å². The molecule has 0 spiro atoms. The molecular weight excluding hydrogens is 448 g/mol. The number of carbonyl (C=O) groups is 5. The van der Waals surface area contributed by atoms with Gasteiger partial charge in [0.2, 0.25) is 5.78 Å². The normalized spacial score (nSPS) is 12.7. The van der Waals surface area contributed by atoms with Crippen LogP contribution in [0.25, 0.3) is 0 Å². The van der Waals surface area contributed by atoms with E-state index in [2.05, 4.69) is 25.4 Å². The van der Waals surface area contributed by atoms with Gasteiger partial charge in [-0.25, -0.2) is 14.4 Å². The average Bonchev–Trinajstić information content (AvgIpc) is 2.65. The summed E-state index contributed by atoms with van der Waals surface area (Å²) in [5.74, 6) is -5.09. The highest BCUT2D eigenvalue weighted by Crippen LogP contribution is 2.30. The van der Waals surface area contributed by atoms with Crippen molar-refractivity contribution >= 4 is 45.6 Å². The van der Waals surface area contributed by atoms with Crippen molar-refractivity contribution in [2.24, 2.45) is 0 Å². The molecule has 1 unspecified atom stereocenters. The molecule has 156 valence electrons. The van der Waals surface area contributed by atoms with E-state index in [-0.39, 0.29) is 25.0 Å². The van der Waals surface area contributed by atoms with Crippen LogP contribution in [0.2, 0.25) is 0 Å². The summed E-state index contributed by atoms with van der Waals surface area (Å²) in [5, 5.41) is 0. The molecule has 0 saturated heterocycles. The molecule has 0 aliphatic carbocycles. The summed E-state index contributed by atoms with van der Waals surface area (Å²) in [4.78, 5) is 60.9. The molecule has 1 atom stereocenters. The van der Waals surface area contributed by atoms with Gasteiger partial charge in [0, 0.05) is 35.5 Å². The Hall–Kier alpha value is -2.81. The molecule has 0 amide bonds. The van der Waals surface area contributed by atoms with E-state index in [4.69, 9.17) is 4.74 Å². The van der Waals surface area contributed by atoms with Crippen molar-refractivity contribution in [3.63, 3.8) is 0 Å². The topological polar surface area (TPSA) is 113 Å². The van der Waals surface area contributed by atoms with Crippen LogP contribution in [-0.4, -0.2) is 41.9 Å². The zero-order valence-corrected chi connectivity index (χ0v) is 17.8. The van der Waals surface area contributed by atoms with Crippen LogP contribution in [0.15, 0.2) is 40.9 Å². The van der Waals surface area contributed by atoms with Crippen molar-refractivity contribution in [3.8, 4) is 0 Å². The molecule has 0 heterocycles. The maximum absolute atomic E-state index is 13.2. The molecule has 1 aromatic carbocycles. The maximum Gasteiger partial charge on any atom is 0.366 e. The van der Waals surface area contributed by atoms with Crippen LogP contribution in [0.1, 0.15) is 44.0 Å². The summed E-state index contributed by atoms with van der Waals surface area (Å²) in [5.41, 5.74) is -2.34. The SMILES string of the molecule is CCCC(OC(=O)C=CC(=O)OCC)(C(=O)OC(C)=O)C(=O)c1ccccc1Br. The van der Waals surface area contributed by atoms with Crippen molar-refractivity contribution < 1.29 is 38.2 Å². The van der Waals surface area contributed by atoms with Crippen molar-refractivity contribution in [3.05, 3.63) is 46.5 Å². The van der Waals surface area contributed by atoms with Crippen LogP contribution in [-0.2, 0) is 33.4 Å². The second-order valence-electron chi connectivity index (χ2n) is 5.77. The first-order valence-electron chi connectivity index (χ1n) is 8.77. The lowest BCUT2D eigenvalue weighted by molar-refractivity contribution is -0.179. The van der Waals surface area contributed by atoms with Gasteiger partial charge in [0.1, 0.15) is 0 Å². The van der Waals surface area contributed by atoms with Gasteiger partial charge in [0.15, 0.2) is 0 Å². The summed E-state index contributed by atoms with van der Waals surface area (Å²) >= 11 is 3.22. The number of esters is 4. The Morgan fingerprint density at radius 1 is 1.03 bits per heavy atom. The minimum absolute atomic E-state index is 0.0589. The molecule has 1 rings (SSSR count). The first-order chi connectivity index (χ1) is 13.7. The molecule has 0 aliphatic rings. The monoisotopic (exact) mass is 468 g/mol. The van der Waals surface area contributed by atoms with E-state index in [1.807, 2.05) is 0 Å². The smallest absolute Gasteiger partial charge is 0.366 e. The fourth-order valence-corrected chi connectivity index (χ4v) is 2.87. The molecular formula is C20H21BrO8. The zero-order valence-electron chi connectivity index (χ0n) is 16.2. The highest BCUT2D eigenvalue weighted by atomic mass is 79.9. The maximum atomic E-state index is 13.2. The van der Waals surface area contributed by atoms with Crippen molar-refractivity contribution in [1.82, 2.24) is 0 Å². The second kappa shape index (κ2) is 11.3. The number of hydrogen-bond acceptors (Lipinski definition) is 8. The van der Waals surface area contributed by atoms with Crippen LogP contribution < -0.4 is 0 Å². The number of Topliss-reactive ketones (excluding diaryl/α,β-unsaturated/α-hetero) is 1. The van der Waals surface area contributed by atoms with E-state index in [9.17, 15) is 24.0 Å². The Morgan fingerprint density at radius 3 is 2.21 bits per heavy atom. The van der Waals surface area contributed by atoms with Crippen LogP contribution in [0, 0.1) is 0 Å². The fourth-order valence-electron chi connectivity index (χ4n) is 2.41. The summed E-state index contributed by atoms with van der Waals surface area (Å²) in [6.45, 7) is 4.33. The van der Waals surface area contributed by atoms with E-state index in [0.717, 1.165) is 19.1 Å². The number of carbonyl (C=O) groups excluding carboxylic acids is 5. The minimum atomic E-state index is -2.40. The third-order valence-electron chi connectivity index (χ3n) is 3.57. The molecule has 0 aromatic heterocycles. The number of ether oxygens (including phenoxy) is 3. The molecule has 9 heteroatoms. The molecule has 0 bridgehead atoms. The van der Waals surface area contributed by atoms with Gasteiger partial charge < -0.3 is 14.2 Å². The van der Waals surface area contributed by atoms with Crippen LogP contribution in [0.4, 0.5) is 0 Å². The van der Waals surface area contributed by atoms with E-state index in [1.165, 1.54) is 6.07 Å². The van der Waals surface area contributed by atoms with Crippen LogP contribution >= 0.6 is 15.9 Å². The van der Waals surface area contributed by atoms with Gasteiger partial charge >= 0.3 is 23.9 Å². The Kier molecular flexibility index (Phi) is 9.40. The summed E-state index contributed by atoms with van der Waals surface area (Å²) in [6, 6.07) is 6.22. The predicted octanol–water partition coefficient (Wildman–Crippen LogP) is 2.92. The Labute approximate surface area is 176 Å². The third kappa shape index (κ3) is 6.63. The number of benzene rings is 1. The number of ketones is 1. The lowest BCUT2D eigenvalue weighted by atomic mass is 9.88. The van der Waals surface area contributed by atoms with Crippen molar-refractivity contribution in [1.29, 1.82) is 0 Å². The summed E-state index contributed by atoms with van der Waals surface area (Å²) < 4.78 is 14.8. The van der Waals surface area contributed by atoms with E-state index in [0.29, 0.717) is 4.47 Å². The fraction of sp³-hybridized carbons (Fsp3) is 0.350. The number of halogens is 1. The Morgan fingerprint density at radius 2 is 1.66 bits per heavy atom.